The highest BCUT2D eigenvalue weighted by Gasteiger charge is 2.34. The maximum absolute atomic E-state index is 4.42. The molecule has 1 aromatic heterocycles. The Morgan fingerprint density at radius 1 is 1.37 bits per heavy atom. The van der Waals surface area contributed by atoms with Gasteiger partial charge in [0.05, 0.1) is 0 Å². The van der Waals surface area contributed by atoms with Crippen molar-refractivity contribution in [2.24, 2.45) is 0 Å². The minimum Gasteiger partial charge on any atom is -0.308 e. The molecule has 0 amide bonds. The first-order chi connectivity index (χ1) is 9.19. The first kappa shape index (κ1) is 14.5. The number of nitrogens with zero attached hydrogens (tertiary/aromatic N) is 2. The molecule has 106 valence electrons. The molecule has 1 unspecified atom stereocenters. The van der Waals surface area contributed by atoms with Crippen molar-refractivity contribution in [3.63, 3.8) is 0 Å². The molecule has 1 atom stereocenters. The van der Waals surface area contributed by atoms with Crippen molar-refractivity contribution in [2.45, 2.75) is 51.6 Å². The lowest BCUT2D eigenvalue weighted by molar-refractivity contribution is 0.0817. The Morgan fingerprint density at radius 3 is 2.79 bits per heavy atom. The molecule has 3 nitrogen and oxygen atoms in total. The van der Waals surface area contributed by atoms with Crippen LogP contribution in [-0.2, 0) is 6.42 Å². The van der Waals surface area contributed by atoms with Gasteiger partial charge < -0.3 is 5.32 Å². The van der Waals surface area contributed by atoms with E-state index in [0.29, 0.717) is 11.6 Å². The molecule has 0 bridgehead atoms. The summed E-state index contributed by atoms with van der Waals surface area (Å²) < 4.78 is 0. The fourth-order valence-electron chi connectivity index (χ4n) is 2.92. The van der Waals surface area contributed by atoms with Crippen LogP contribution in [-0.4, -0.2) is 41.1 Å². The van der Waals surface area contributed by atoms with Crippen LogP contribution < -0.4 is 5.32 Å². The second-order valence-corrected chi connectivity index (χ2v) is 5.76. The quantitative estimate of drug-likeness (QED) is 0.882. The van der Waals surface area contributed by atoms with E-state index in [0.717, 1.165) is 26.1 Å². The van der Waals surface area contributed by atoms with E-state index in [9.17, 15) is 0 Å². The number of nitrogens with one attached hydrogen (secondary N) is 1. The molecule has 0 saturated carbocycles. The normalized spacial score (nSPS) is 23.4. The summed E-state index contributed by atoms with van der Waals surface area (Å²) in [5.41, 5.74) is 1.52. The SMILES string of the molecule is CCC1(CC)CN(CCc2ccccn2)C(C)CN1. The fourth-order valence-corrected chi connectivity index (χ4v) is 2.92. The molecule has 0 radical (unpaired) electrons. The Kier molecular flexibility index (Phi) is 4.94. The average molecular weight is 261 g/mol. The predicted molar refractivity (Wildman–Crippen MR) is 80.3 cm³/mol. The van der Waals surface area contributed by atoms with Crippen molar-refractivity contribution in [1.82, 2.24) is 15.2 Å². The number of rotatable bonds is 5. The molecule has 1 aromatic rings. The van der Waals surface area contributed by atoms with Crippen molar-refractivity contribution in [3.05, 3.63) is 30.1 Å². The average Bonchev–Trinajstić information content (AvgIpc) is 2.48. The number of aromatic nitrogens is 1. The monoisotopic (exact) mass is 261 g/mol. The van der Waals surface area contributed by atoms with E-state index in [1.165, 1.54) is 18.5 Å². The molecule has 1 N–H and O–H groups in total. The van der Waals surface area contributed by atoms with Crippen molar-refractivity contribution in [1.29, 1.82) is 0 Å². The maximum Gasteiger partial charge on any atom is 0.0416 e. The Morgan fingerprint density at radius 2 is 2.16 bits per heavy atom. The minimum atomic E-state index is 0.316. The van der Waals surface area contributed by atoms with E-state index < -0.39 is 0 Å². The summed E-state index contributed by atoms with van der Waals surface area (Å²) in [6.07, 6.45) is 5.35. The van der Waals surface area contributed by atoms with Gasteiger partial charge in [0.1, 0.15) is 0 Å². The topological polar surface area (TPSA) is 28.2 Å². The third-order valence-corrected chi connectivity index (χ3v) is 4.64. The molecule has 19 heavy (non-hydrogen) atoms. The van der Waals surface area contributed by atoms with Crippen LogP contribution in [0.5, 0.6) is 0 Å². The zero-order chi connectivity index (χ0) is 13.7. The summed E-state index contributed by atoms with van der Waals surface area (Å²) in [5.74, 6) is 0. The Hall–Kier alpha value is -0.930. The van der Waals surface area contributed by atoms with Crippen LogP contribution in [0.15, 0.2) is 24.4 Å². The van der Waals surface area contributed by atoms with Crippen LogP contribution in [0.3, 0.4) is 0 Å². The zero-order valence-corrected chi connectivity index (χ0v) is 12.5. The molecule has 1 aliphatic heterocycles. The van der Waals surface area contributed by atoms with Crippen molar-refractivity contribution < 1.29 is 0 Å². The van der Waals surface area contributed by atoms with E-state index in [1.807, 2.05) is 12.3 Å². The highest BCUT2D eigenvalue weighted by Crippen LogP contribution is 2.22. The largest absolute Gasteiger partial charge is 0.308 e. The molecule has 0 spiro atoms. The third-order valence-electron chi connectivity index (χ3n) is 4.64. The van der Waals surface area contributed by atoms with Gasteiger partial charge in [0.25, 0.3) is 0 Å². The number of hydrogen-bond donors (Lipinski definition) is 1. The summed E-state index contributed by atoms with van der Waals surface area (Å²) in [6, 6.07) is 6.80. The van der Waals surface area contributed by atoms with Gasteiger partial charge in [0.2, 0.25) is 0 Å². The van der Waals surface area contributed by atoms with Gasteiger partial charge in [0.15, 0.2) is 0 Å². The summed E-state index contributed by atoms with van der Waals surface area (Å²) in [5, 5.41) is 3.75. The second-order valence-electron chi connectivity index (χ2n) is 5.76. The number of piperazine rings is 1. The number of pyridine rings is 1. The van der Waals surface area contributed by atoms with Crippen LogP contribution >= 0.6 is 0 Å². The van der Waals surface area contributed by atoms with Gasteiger partial charge >= 0.3 is 0 Å². The molecule has 0 aromatic carbocycles. The Bertz CT molecular complexity index is 373. The smallest absolute Gasteiger partial charge is 0.0416 e. The predicted octanol–water partition coefficient (Wildman–Crippen LogP) is 2.48. The van der Waals surface area contributed by atoms with Crippen LogP contribution in [0.2, 0.25) is 0 Å². The van der Waals surface area contributed by atoms with Gasteiger partial charge in [-0.05, 0) is 31.9 Å². The van der Waals surface area contributed by atoms with Crippen LogP contribution in [0.25, 0.3) is 0 Å². The van der Waals surface area contributed by atoms with Crippen molar-refractivity contribution in [2.75, 3.05) is 19.6 Å². The lowest BCUT2D eigenvalue weighted by atomic mass is 9.88. The van der Waals surface area contributed by atoms with Gasteiger partial charge in [-0.3, -0.25) is 9.88 Å². The molecule has 3 heteroatoms. The standard InChI is InChI=1S/C16H27N3/c1-4-16(5-2)13-19(14(3)12-18-16)11-9-15-8-6-7-10-17-15/h6-8,10,14,18H,4-5,9,11-13H2,1-3H3. The molecule has 0 aliphatic carbocycles. The van der Waals surface area contributed by atoms with Gasteiger partial charge in [-0.1, -0.05) is 19.9 Å². The Labute approximate surface area is 117 Å². The van der Waals surface area contributed by atoms with E-state index in [2.05, 4.69) is 48.1 Å². The van der Waals surface area contributed by atoms with E-state index in [4.69, 9.17) is 0 Å². The van der Waals surface area contributed by atoms with Crippen molar-refractivity contribution >= 4 is 0 Å². The molecule has 1 aliphatic rings. The van der Waals surface area contributed by atoms with Gasteiger partial charge in [-0.2, -0.15) is 0 Å². The fraction of sp³-hybridized carbons (Fsp3) is 0.688. The molecular weight excluding hydrogens is 234 g/mol. The first-order valence-corrected chi connectivity index (χ1v) is 7.58. The molecule has 2 heterocycles. The lowest BCUT2D eigenvalue weighted by Gasteiger charge is -2.46. The molecule has 2 rings (SSSR count). The number of hydrogen-bond acceptors (Lipinski definition) is 3. The van der Waals surface area contributed by atoms with Crippen LogP contribution in [0.4, 0.5) is 0 Å². The van der Waals surface area contributed by atoms with Gasteiger partial charge in [-0.25, -0.2) is 0 Å². The summed E-state index contributed by atoms with van der Waals surface area (Å²) in [7, 11) is 0. The van der Waals surface area contributed by atoms with E-state index >= 15 is 0 Å². The second kappa shape index (κ2) is 6.49. The third kappa shape index (κ3) is 3.54. The molecular formula is C16H27N3. The summed E-state index contributed by atoms with van der Waals surface area (Å²) in [6.45, 7) is 10.3. The van der Waals surface area contributed by atoms with Crippen LogP contribution in [0.1, 0.15) is 39.3 Å². The molecule has 1 saturated heterocycles. The summed E-state index contributed by atoms with van der Waals surface area (Å²) >= 11 is 0. The van der Waals surface area contributed by atoms with Gasteiger partial charge in [0, 0.05) is 49.5 Å². The zero-order valence-electron chi connectivity index (χ0n) is 12.5. The van der Waals surface area contributed by atoms with Crippen LogP contribution in [0, 0.1) is 0 Å². The van der Waals surface area contributed by atoms with E-state index in [-0.39, 0.29) is 0 Å². The lowest BCUT2D eigenvalue weighted by Crippen LogP contribution is -2.63. The first-order valence-electron chi connectivity index (χ1n) is 7.58. The molecule has 1 fully saturated rings. The summed E-state index contributed by atoms with van der Waals surface area (Å²) in [4.78, 5) is 7.05. The van der Waals surface area contributed by atoms with E-state index in [1.54, 1.807) is 0 Å². The van der Waals surface area contributed by atoms with Crippen molar-refractivity contribution in [3.8, 4) is 0 Å². The highest BCUT2D eigenvalue weighted by atomic mass is 15.2. The maximum atomic E-state index is 4.42. The van der Waals surface area contributed by atoms with Gasteiger partial charge in [-0.15, -0.1) is 0 Å². The highest BCUT2D eigenvalue weighted by molar-refractivity contribution is 5.04. The minimum absolute atomic E-state index is 0.316. The Balaban J connectivity index is 1.94.